The minimum absolute atomic E-state index is 0.108. The number of aliphatic hydroxyl groups excluding tert-OH is 1. The van der Waals surface area contributed by atoms with Crippen molar-refractivity contribution in [3.05, 3.63) is 84.5 Å². The molecule has 9 heteroatoms. The maximum absolute atomic E-state index is 12.9. The van der Waals surface area contributed by atoms with Crippen molar-refractivity contribution in [2.45, 2.75) is 26.4 Å². The van der Waals surface area contributed by atoms with Gasteiger partial charge in [-0.25, -0.2) is 9.67 Å². The summed E-state index contributed by atoms with van der Waals surface area (Å²) in [5, 5.41) is 13.8. The first-order valence-corrected chi connectivity index (χ1v) is 10.4. The molecule has 4 rings (SSSR count). The summed E-state index contributed by atoms with van der Waals surface area (Å²) in [4.78, 5) is 21.7. The van der Waals surface area contributed by atoms with Crippen molar-refractivity contribution in [3.8, 4) is 17.1 Å². The SMILES string of the molecule is CCc1[nH]n(-c2c(Cl)cc(Cl)cc2Cl)c2nc(Cc3ccccc3CO)nc(=O)c1-2. The van der Waals surface area contributed by atoms with E-state index in [0.717, 1.165) is 11.1 Å². The van der Waals surface area contributed by atoms with Crippen molar-refractivity contribution < 1.29 is 5.11 Å². The van der Waals surface area contributed by atoms with Crippen LogP contribution in [0.3, 0.4) is 0 Å². The Balaban J connectivity index is 1.92. The van der Waals surface area contributed by atoms with E-state index >= 15 is 0 Å². The molecule has 0 aliphatic carbocycles. The van der Waals surface area contributed by atoms with Crippen LogP contribution < -0.4 is 5.56 Å². The van der Waals surface area contributed by atoms with Gasteiger partial charge in [-0.2, -0.15) is 4.98 Å². The van der Waals surface area contributed by atoms with Gasteiger partial charge in [-0.05, 0) is 29.7 Å². The monoisotopic (exact) mass is 462 g/mol. The van der Waals surface area contributed by atoms with Gasteiger partial charge in [0.2, 0.25) is 0 Å². The Hall–Kier alpha value is -2.38. The van der Waals surface area contributed by atoms with Crippen LogP contribution in [0, 0.1) is 0 Å². The number of aromatic amines is 1. The average Bonchev–Trinajstić information content (AvgIpc) is 3.06. The first-order chi connectivity index (χ1) is 14.4. The van der Waals surface area contributed by atoms with Crippen LogP contribution >= 0.6 is 34.8 Å². The normalized spacial score (nSPS) is 11.4. The van der Waals surface area contributed by atoms with Crippen molar-refractivity contribution in [2.75, 3.05) is 0 Å². The molecule has 0 fully saturated rings. The summed E-state index contributed by atoms with van der Waals surface area (Å²) in [7, 11) is 0. The molecule has 2 aromatic carbocycles. The predicted molar refractivity (Wildman–Crippen MR) is 118 cm³/mol. The van der Waals surface area contributed by atoms with Gasteiger partial charge >= 0.3 is 0 Å². The third-order valence-electron chi connectivity index (χ3n) is 4.86. The number of hydrogen-bond acceptors (Lipinski definition) is 4. The highest BCUT2D eigenvalue weighted by molar-refractivity contribution is 6.40. The molecule has 154 valence electrons. The lowest BCUT2D eigenvalue weighted by molar-refractivity contribution is 0.280. The molecule has 2 aromatic rings. The fourth-order valence-corrected chi connectivity index (χ4v) is 4.43. The second-order valence-corrected chi connectivity index (χ2v) is 8.00. The number of H-pyrrole nitrogens is 1. The van der Waals surface area contributed by atoms with Crippen molar-refractivity contribution in [1.29, 1.82) is 0 Å². The molecular weight excluding hydrogens is 447 g/mol. The lowest BCUT2D eigenvalue weighted by atomic mass is 10.0. The van der Waals surface area contributed by atoms with Crippen LogP contribution in [0.2, 0.25) is 15.1 Å². The number of aliphatic hydroxyl groups is 1. The van der Waals surface area contributed by atoms with Gasteiger partial charge in [0, 0.05) is 17.1 Å². The van der Waals surface area contributed by atoms with Crippen molar-refractivity contribution in [2.24, 2.45) is 0 Å². The number of benzene rings is 2. The Bertz CT molecular complexity index is 1240. The predicted octanol–water partition coefficient (Wildman–Crippen LogP) is 4.67. The van der Waals surface area contributed by atoms with Gasteiger partial charge in [-0.3, -0.25) is 9.89 Å². The number of rotatable bonds is 5. The van der Waals surface area contributed by atoms with Gasteiger partial charge in [0.1, 0.15) is 17.1 Å². The van der Waals surface area contributed by atoms with E-state index in [0.29, 0.717) is 56.5 Å². The highest BCUT2D eigenvalue weighted by atomic mass is 35.5. The van der Waals surface area contributed by atoms with Gasteiger partial charge in [0.15, 0.2) is 5.82 Å². The number of halogens is 3. The lowest BCUT2D eigenvalue weighted by Gasteiger charge is -2.12. The molecule has 0 spiro atoms. The Morgan fingerprint density at radius 2 is 1.73 bits per heavy atom. The summed E-state index contributed by atoms with van der Waals surface area (Å²) in [6, 6.07) is 10.6. The van der Waals surface area contributed by atoms with E-state index < -0.39 is 0 Å². The highest BCUT2D eigenvalue weighted by Crippen LogP contribution is 2.35. The maximum atomic E-state index is 12.9. The summed E-state index contributed by atoms with van der Waals surface area (Å²) in [6.45, 7) is 1.81. The second-order valence-electron chi connectivity index (χ2n) is 6.74. The summed E-state index contributed by atoms with van der Waals surface area (Å²) >= 11 is 18.9. The zero-order valence-corrected chi connectivity index (χ0v) is 18.2. The smallest absolute Gasteiger partial charge is 0.284 e. The largest absolute Gasteiger partial charge is 0.392 e. The first kappa shape index (κ1) is 20.9. The highest BCUT2D eigenvalue weighted by Gasteiger charge is 2.25. The van der Waals surface area contributed by atoms with Gasteiger partial charge in [0.25, 0.3) is 5.56 Å². The standard InChI is InChI=1S/C21H17Cl3N4O2/c1-2-16-18-20(28(27-16)19-14(23)8-13(22)9-15(19)24)25-17(26-21(18)30)7-11-5-3-4-6-12(11)10-29/h3-6,8-9,27,29H,2,7,10H2,1H3. The molecule has 0 aromatic heterocycles. The molecule has 0 radical (unpaired) electrons. The summed E-state index contributed by atoms with van der Waals surface area (Å²) in [5.74, 6) is 0.722. The summed E-state index contributed by atoms with van der Waals surface area (Å²) < 4.78 is 1.60. The molecular formula is C21H17Cl3N4O2. The molecule has 0 saturated carbocycles. The van der Waals surface area contributed by atoms with Gasteiger partial charge in [-0.1, -0.05) is 66.0 Å². The molecule has 2 aliphatic rings. The maximum Gasteiger partial charge on any atom is 0.284 e. The Morgan fingerprint density at radius 1 is 1.07 bits per heavy atom. The number of fused-ring (bicyclic) bond motifs is 1. The molecule has 2 heterocycles. The molecule has 0 amide bonds. The van der Waals surface area contributed by atoms with Crippen molar-refractivity contribution in [1.82, 2.24) is 19.7 Å². The minimum Gasteiger partial charge on any atom is -0.392 e. The minimum atomic E-state index is -0.385. The van der Waals surface area contributed by atoms with Crippen molar-refractivity contribution >= 4 is 34.8 Å². The third-order valence-corrected chi connectivity index (χ3v) is 5.65. The Labute approximate surface area is 187 Å². The van der Waals surface area contributed by atoms with Crippen LogP contribution in [0.4, 0.5) is 0 Å². The Kier molecular flexibility index (Phi) is 5.84. The van der Waals surface area contributed by atoms with Crippen LogP contribution in [0.15, 0.2) is 41.2 Å². The zero-order chi connectivity index (χ0) is 21.4. The van der Waals surface area contributed by atoms with E-state index in [4.69, 9.17) is 34.8 Å². The molecule has 30 heavy (non-hydrogen) atoms. The average molecular weight is 464 g/mol. The summed E-state index contributed by atoms with van der Waals surface area (Å²) in [6.07, 6.45) is 0.869. The van der Waals surface area contributed by atoms with Crippen LogP contribution in [0.5, 0.6) is 0 Å². The molecule has 2 aliphatic heterocycles. The van der Waals surface area contributed by atoms with Crippen LogP contribution in [0.1, 0.15) is 29.6 Å². The number of nitrogens with zero attached hydrogens (tertiary/aromatic N) is 3. The van der Waals surface area contributed by atoms with E-state index in [2.05, 4.69) is 15.1 Å². The Morgan fingerprint density at radius 3 is 2.37 bits per heavy atom. The first-order valence-electron chi connectivity index (χ1n) is 9.26. The fourth-order valence-electron chi connectivity index (χ4n) is 3.44. The number of aryl methyl sites for hydroxylation is 1. The van der Waals surface area contributed by atoms with Crippen LogP contribution in [-0.4, -0.2) is 24.9 Å². The van der Waals surface area contributed by atoms with Gasteiger partial charge < -0.3 is 5.11 Å². The lowest BCUT2D eigenvalue weighted by Crippen LogP contribution is -2.18. The quantitative estimate of drug-likeness (QED) is 0.451. The molecule has 0 bridgehead atoms. The van der Waals surface area contributed by atoms with E-state index in [-0.39, 0.29) is 12.2 Å². The third kappa shape index (κ3) is 3.72. The molecule has 0 unspecified atom stereocenters. The fraction of sp³-hybridized carbons (Fsp3) is 0.190. The van der Waals surface area contributed by atoms with Gasteiger partial charge in [-0.15, -0.1) is 0 Å². The molecule has 0 atom stereocenters. The van der Waals surface area contributed by atoms with E-state index in [9.17, 15) is 9.90 Å². The number of hydrogen-bond donors (Lipinski definition) is 2. The molecule has 6 nitrogen and oxygen atoms in total. The molecule has 0 saturated heterocycles. The second kappa shape index (κ2) is 8.40. The van der Waals surface area contributed by atoms with Crippen LogP contribution in [0.25, 0.3) is 17.1 Å². The van der Waals surface area contributed by atoms with E-state index in [1.165, 1.54) is 0 Å². The topological polar surface area (TPSA) is 83.8 Å². The number of nitrogens with one attached hydrogen (secondary N) is 1. The number of aromatic nitrogens is 4. The van der Waals surface area contributed by atoms with E-state index in [1.807, 2.05) is 31.2 Å². The van der Waals surface area contributed by atoms with Gasteiger partial charge in [0.05, 0.1) is 16.7 Å². The summed E-state index contributed by atoms with van der Waals surface area (Å²) in [5.41, 5.74) is 2.74. The van der Waals surface area contributed by atoms with E-state index in [1.54, 1.807) is 16.8 Å². The van der Waals surface area contributed by atoms with Crippen molar-refractivity contribution in [3.63, 3.8) is 0 Å². The zero-order valence-electron chi connectivity index (χ0n) is 15.9. The van der Waals surface area contributed by atoms with Crippen LogP contribution in [-0.2, 0) is 19.4 Å². The molecule has 2 N–H and O–H groups in total.